The first-order chi connectivity index (χ1) is 9.93. The van der Waals surface area contributed by atoms with Crippen molar-refractivity contribution >= 4 is 23.9 Å². The van der Waals surface area contributed by atoms with Crippen LogP contribution in [0.25, 0.3) is 6.08 Å². The van der Waals surface area contributed by atoms with Gasteiger partial charge in [0.15, 0.2) is 0 Å². The normalized spacial score (nSPS) is 10.4. The van der Waals surface area contributed by atoms with Crippen molar-refractivity contribution in [3.8, 4) is 0 Å². The molecular formula is C15H18N2O4. The van der Waals surface area contributed by atoms with Gasteiger partial charge in [-0.05, 0) is 30.7 Å². The third-order valence-corrected chi connectivity index (χ3v) is 2.65. The summed E-state index contributed by atoms with van der Waals surface area (Å²) in [6.07, 6.45) is 2.41. The number of nitrogens with zero attached hydrogens (tertiary/aromatic N) is 1. The Kier molecular flexibility index (Phi) is 6.13. The van der Waals surface area contributed by atoms with Crippen LogP contribution in [0.4, 0.5) is 0 Å². The van der Waals surface area contributed by atoms with Gasteiger partial charge in [-0.25, -0.2) is 4.79 Å². The van der Waals surface area contributed by atoms with Crippen molar-refractivity contribution in [1.29, 1.82) is 0 Å². The second kappa shape index (κ2) is 7.84. The largest absolute Gasteiger partial charge is 0.478 e. The van der Waals surface area contributed by atoms with Gasteiger partial charge in [-0.2, -0.15) is 0 Å². The molecule has 0 aromatic heterocycles. The fraction of sp³-hybridized carbons (Fsp3) is 0.267. The van der Waals surface area contributed by atoms with Crippen molar-refractivity contribution in [2.45, 2.75) is 6.92 Å². The summed E-state index contributed by atoms with van der Waals surface area (Å²) in [5.41, 5.74) is 1.00. The van der Waals surface area contributed by atoms with E-state index in [4.69, 9.17) is 5.11 Å². The monoisotopic (exact) mass is 290 g/mol. The van der Waals surface area contributed by atoms with E-state index in [0.29, 0.717) is 17.7 Å². The van der Waals surface area contributed by atoms with E-state index in [1.807, 2.05) is 0 Å². The smallest absolute Gasteiger partial charge is 0.328 e. The van der Waals surface area contributed by atoms with E-state index in [1.165, 1.54) is 18.0 Å². The minimum Gasteiger partial charge on any atom is -0.478 e. The van der Waals surface area contributed by atoms with Crippen LogP contribution in [0.15, 0.2) is 30.3 Å². The first-order valence-corrected chi connectivity index (χ1v) is 6.47. The minimum absolute atomic E-state index is 0.0259. The average molecular weight is 290 g/mol. The summed E-state index contributed by atoms with van der Waals surface area (Å²) in [4.78, 5) is 35.4. The molecule has 0 unspecified atom stereocenters. The number of rotatable bonds is 6. The Morgan fingerprint density at radius 2 is 2.05 bits per heavy atom. The molecule has 0 bridgehead atoms. The van der Waals surface area contributed by atoms with Crippen LogP contribution >= 0.6 is 0 Å². The van der Waals surface area contributed by atoms with Crippen LogP contribution in [0.5, 0.6) is 0 Å². The molecule has 0 saturated carbocycles. The van der Waals surface area contributed by atoms with Crippen molar-refractivity contribution in [2.24, 2.45) is 0 Å². The Morgan fingerprint density at radius 3 is 2.67 bits per heavy atom. The number of likely N-dealkylation sites (N-methyl/N-ethyl adjacent to an activating group) is 2. The van der Waals surface area contributed by atoms with E-state index in [2.05, 4.69) is 5.32 Å². The van der Waals surface area contributed by atoms with Crippen LogP contribution in [0.2, 0.25) is 0 Å². The number of aliphatic carboxylic acids is 1. The quantitative estimate of drug-likeness (QED) is 0.765. The van der Waals surface area contributed by atoms with Crippen molar-refractivity contribution in [1.82, 2.24) is 10.2 Å². The summed E-state index contributed by atoms with van der Waals surface area (Å²) < 4.78 is 0. The second-order valence-corrected chi connectivity index (χ2v) is 4.41. The van der Waals surface area contributed by atoms with Gasteiger partial charge < -0.3 is 15.3 Å². The maximum absolute atomic E-state index is 12.2. The van der Waals surface area contributed by atoms with Crippen LogP contribution in [0.3, 0.4) is 0 Å². The van der Waals surface area contributed by atoms with Gasteiger partial charge in [-0.15, -0.1) is 0 Å². The summed E-state index contributed by atoms with van der Waals surface area (Å²) in [6, 6.07) is 6.55. The summed E-state index contributed by atoms with van der Waals surface area (Å²) >= 11 is 0. The number of amides is 2. The predicted octanol–water partition coefficient (Wildman–Crippen LogP) is 0.992. The molecule has 2 amide bonds. The van der Waals surface area contributed by atoms with Crippen LogP contribution in [-0.2, 0) is 9.59 Å². The Bertz CT molecular complexity index is 567. The highest BCUT2D eigenvalue weighted by Crippen LogP contribution is 2.09. The highest BCUT2D eigenvalue weighted by Gasteiger charge is 2.14. The molecule has 112 valence electrons. The SMILES string of the molecule is CCNC(=O)CN(C)C(=O)c1cccc(C=CC(=O)O)c1. The molecule has 0 radical (unpaired) electrons. The van der Waals surface area contributed by atoms with Crippen LogP contribution < -0.4 is 5.32 Å². The summed E-state index contributed by atoms with van der Waals surface area (Å²) in [5.74, 6) is -1.58. The fourth-order valence-corrected chi connectivity index (χ4v) is 1.70. The first-order valence-electron chi connectivity index (χ1n) is 6.47. The number of hydrogen-bond acceptors (Lipinski definition) is 3. The minimum atomic E-state index is -1.06. The molecule has 0 fully saturated rings. The molecule has 1 rings (SSSR count). The highest BCUT2D eigenvalue weighted by atomic mass is 16.4. The zero-order valence-corrected chi connectivity index (χ0v) is 12.0. The molecule has 0 saturated heterocycles. The topological polar surface area (TPSA) is 86.7 Å². The Hall–Kier alpha value is -2.63. The van der Waals surface area contributed by atoms with Crippen molar-refractivity contribution in [2.75, 3.05) is 20.1 Å². The molecule has 0 heterocycles. The number of benzene rings is 1. The number of carbonyl (C=O) groups excluding carboxylic acids is 2. The van der Waals surface area contributed by atoms with Gasteiger partial charge in [0.05, 0.1) is 6.54 Å². The van der Waals surface area contributed by atoms with E-state index < -0.39 is 5.97 Å². The average Bonchev–Trinajstić information content (AvgIpc) is 2.44. The van der Waals surface area contributed by atoms with Gasteiger partial charge in [0, 0.05) is 25.2 Å². The number of carboxylic acids is 1. The molecule has 1 aromatic carbocycles. The maximum Gasteiger partial charge on any atom is 0.328 e. The van der Waals surface area contributed by atoms with Gasteiger partial charge in [0.25, 0.3) is 5.91 Å². The van der Waals surface area contributed by atoms with Crippen molar-refractivity contribution in [3.63, 3.8) is 0 Å². The van der Waals surface area contributed by atoms with Crippen LogP contribution in [-0.4, -0.2) is 47.9 Å². The summed E-state index contributed by atoms with van der Waals surface area (Å²) in [6.45, 7) is 2.29. The summed E-state index contributed by atoms with van der Waals surface area (Å²) in [5, 5.41) is 11.2. The van der Waals surface area contributed by atoms with Gasteiger partial charge in [-0.1, -0.05) is 12.1 Å². The third kappa shape index (κ3) is 5.48. The zero-order chi connectivity index (χ0) is 15.8. The standard InChI is InChI=1S/C15H18N2O4/c1-3-16-13(18)10-17(2)15(21)12-6-4-5-11(9-12)7-8-14(19)20/h4-9H,3,10H2,1-2H3,(H,16,18)(H,19,20). The number of carbonyl (C=O) groups is 3. The lowest BCUT2D eigenvalue weighted by atomic mass is 10.1. The molecule has 0 spiro atoms. The van der Waals surface area contributed by atoms with Crippen molar-refractivity contribution < 1.29 is 19.5 Å². The molecule has 6 nitrogen and oxygen atoms in total. The fourth-order valence-electron chi connectivity index (χ4n) is 1.70. The lowest BCUT2D eigenvalue weighted by Crippen LogP contribution is -2.38. The maximum atomic E-state index is 12.2. The molecule has 0 aliphatic heterocycles. The number of hydrogen-bond donors (Lipinski definition) is 2. The van der Waals surface area contributed by atoms with E-state index in [0.717, 1.165) is 6.08 Å². The predicted molar refractivity (Wildman–Crippen MR) is 78.8 cm³/mol. The molecule has 0 aliphatic carbocycles. The number of carboxylic acid groups (broad SMARTS) is 1. The molecular weight excluding hydrogens is 272 g/mol. The van der Waals surface area contributed by atoms with Gasteiger partial charge in [0.2, 0.25) is 5.91 Å². The Morgan fingerprint density at radius 1 is 1.33 bits per heavy atom. The lowest BCUT2D eigenvalue weighted by Gasteiger charge is -2.16. The second-order valence-electron chi connectivity index (χ2n) is 4.41. The number of nitrogens with one attached hydrogen (secondary N) is 1. The molecule has 21 heavy (non-hydrogen) atoms. The molecule has 6 heteroatoms. The van der Waals surface area contributed by atoms with E-state index in [9.17, 15) is 14.4 Å². The molecule has 2 N–H and O–H groups in total. The van der Waals surface area contributed by atoms with Gasteiger partial charge >= 0.3 is 5.97 Å². The first kappa shape index (κ1) is 16.4. The Balaban J connectivity index is 2.80. The van der Waals surface area contributed by atoms with E-state index in [1.54, 1.807) is 31.2 Å². The summed E-state index contributed by atoms with van der Waals surface area (Å²) in [7, 11) is 1.54. The molecule has 1 aromatic rings. The van der Waals surface area contributed by atoms with E-state index in [-0.39, 0.29) is 18.4 Å². The van der Waals surface area contributed by atoms with Crippen molar-refractivity contribution in [3.05, 3.63) is 41.5 Å². The Labute approximate surface area is 123 Å². The highest BCUT2D eigenvalue weighted by molar-refractivity contribution is 5.97. The van der Waals surface area contributed by atoms with Gasteiger partial charge in [-0.3, -0.25) is 9.59 Å². The lowest BCUT2D eigenvalue weighted by molar-refractivity contribution is -0.131. The van der Waals surface area contributed by atoms with Crippen LogP contribution in [0, 0.1) is 0 Å². The molecule has 0 atom stereocenters. The van der Waals surface area contributed by atoms with Gasteiger partial charge in [0.1, 0.15) is 0 Å². The zero-order valence-electron chi connectivity index (χ0n) is 12.0. The van der Waals surface area contributed by atoms with Crippen LogP contribution in [0.1, 0.15) is 22.8 Å². The molecule has 0 aliphatic rings. The van der Waals surface area contributed by atoms with E-state index >= 15 is 0 Å². The third-order valence-electron chi connectivity index (χ3n) is 2.65.